The first-order valence-corrected chi connectivity index (χ1v) is 4.66. The van der Waals surface area contributed by atoms with E-state index >= 15 is 0 Å². The van der Waals surface area contributed by atoms with Gasteiger partial charge in [-0.05, 0) is 30.9 Å². The van der Waals surface area contributed by atoms with Gasteiger partial charge >= 0.3 is 0 Å². The summed E-state index contributed by atoms with van der Waals surface area (Å²) in [6.07, 6.45) is 14.0. The minimum atomic E-state index is -0.743. The zero-order valence-electron chi connectivity index (χ0n) is 8.73. The molecule has 0 aromatic rings. The van der Waals surface area contributed by atoms with Crippen molar-refractivity contribution in [2.24, 2.45) is 0 Å². The monoisotopic (exact) mass is 390 g/mol. The fourth-order valence-corrected chi connectivity index (χ4v) is 1.82. The Morgan fingerprint density at radius 2 is 1.47 bits per heavy atom. The molecule has 0 unspecified atom stereocenters. The van der Waals surface area contributed by atoms with Crippen LogP contribution in [0.4, 0.5) is 0 Å². The summed E-state index contributed by atoms with van der Waals surface area (Å²) in [6, 6.07) is 0. The largest absolute Gasteiger partial charge is 0.381 e. The fraction of sp³-hybridized carbons (Fsp3) is 0.333. The van der Waals surface area contributed by atoms with Crippen molar-refractivity contribution < 1.29 is 30.9 Å². The third kappa shape index (κ3) is 3.02. The van der Waals surface area contributed by atoms with E-state index in [9.17, 15) is 5.11 Å². The quantitative estimate of drug-likeness (QED) is 0.721. The number of aliphatic hydroxyl groups is 1. The molecular weight excluding hydrogens is 374 g/mol. The van der Waals surface area contributed by atoms with E-state index in [1.54, 1.807) is 0 Å². The van der Waals surface area contributed by atoms with Crippen molar-refractivity contribution >= 4 is 12.4 Å². The maximum absolute atomic E-state index is 10.3. The van der Waals surface area contributed by atoms with Gasteiger partial charge in [0.05, 0.1) is 0 Å². The van der Waals surface area contributed by atoms with Gasteiger partial charge in [0.1, 0.15) is 5.60 Å². The molecule has 0 heterocycles. The number of hydrogen-bond acceptors (Lipinski definition) is 1. The molecule has 1 nitrogen and oxygen atoms in total. The predicted molar refractivity (Wildman–Crippen MR) is 61.6 cm³/mol. The summed E-state index contributed by atoms with van der Waals surface area (Å²) >= 11 is 0. The van der Waals surface area contributed by atoms with Crippen LogP contribution in [0.25, 0.3) is 0 Å². The summed E-state index contributed by atoms with van der Waals surface area (Å²) in [6.45, 7) is 1.88. The smallest absolute Gasteiger partial charge is 0.105 e. The van der Waals surface area contributed by atoms with E-state index in [0.29, 0.717) is 0 Å². The van der Waals surface area contributed by atoms with Gasteiger partial charge < -0.3 is 5.11 Å². The van der Waals surface area contributed by atoms with Gasteiger partial charge in [-0.1, -0.05) is 36.5 Å². The van der Waals surface area contributed by atoms with Crippen LogP contribution in [0.1, 0.15) is 19.8 Å². The van der Waals surface area contributed by atoms with Crippen LogP contribution >= 0.6 is 12.4 Å². The Kier molecular flexibility index (Phi) is 6.01. The van der Waals surface area contributed by atoms with Crippen LogP contribution in [0.3, 0.4) is 0 Å². The van der Waals surface area contributed by atoms with Gasteiger partial charge in [-0.25, -0.2) is 0 Å². The van der Waals surface area contributed by atoms with E-state index in [4.69, 9.17) is 0 Å². The van der Waals surface area contributed by atoms with Crippen molar-refractivity contribution in [1.82, 2.24) is 0 Å². The summed E-state index contributed by atoms with van der Waals surface area (Å²) in [5, 5.41) is 10.3. The van der Waals surface area contributed by atoms with Gasteiger partial charge in [-0.2, -0.15) is 0 Å². The summed E-state index contributed by atoms with van der Waals surface area (Å²) in [5.41, 5.74) is 1.46. The Morgan fingerprint density at radius 3 is 1.73 bits per heavy atom. The van der Waals surface area contributed by atoms with E-state index < -0.39 is 5.60 Å². The molecule has 0 saturated carbocycles. The topological polar surface area (TPSA) is 20.2 Å². The van der Waals surface area contributed by atoms with Crippen LogP contribution < -0.4 is 0 Å². The molecule has 0 spiro atoms. The molecule has 0 aromatic carbocycles. The van der Waals surface area contributed by atoms with Crippen LogP contribution in [-0.2, 0) is 25.8 Å². The van der Waals surface area contributed by atoms with Crippen LogP contribution in [0.2, 0.25) is 0 Å². The molecule has 80 valence electrons. The Bertz CT molecular complexity index is 306. The number of rotatable bonds is 2. The molecule has 0 radical (unpaired) electrons. The second-order valence-corrected chi connectivity index (χ2v) is 3.72. The molecule has 3 heteroatoms. The van der Waals surface area contributed by atoms with E-state index in [0.717, 1.165) is 24.0 Å². The van der Waals surface area contributed by atoms with Crippen LogP contribution in [0.5, 0.6) is 0 Å². The summed E-state index contributed by atoms with van der Waals surface area (Å²) in [7, 11) is 0. The van der Waals surface area contributed by atoms with E-state index in [1.807, 2.05) is 31.2 Å². The van der Waals surface area contributed by atoms with Crippen LogP contribution in [0.15, 0.2) is 47.6 Å². The molecule has 2 aliphatic rings. The molecule has 0 saturated heterocycles. The first-order chi connectivity index (χ1) is 6.21. The third-order valence-corrected chi connectivity index (χ3v) is 2.79. The van der Waals surface area contributed by atoms with Crippen molar-refractivity contribution in [2.45, 2.75) is 25.4 Å². The van der Waals surface area contributed by atoms with Gasteiger partial charge in [0.25, 0.3) is 0 Å². The SMILES string of the molecule is CC(O)(C1=CC=CC1)C1=CC=CC1.Cl.[Hf]. The van der Waals surface area contributed by atoms with Crippen molar-refractivity contribution in [3.05, 3.63) is 47.6 Å². The number of halogens is 1. The maximum Gasteiger partial charge on any atom is 0.105 e. The minimum Gasteiger partial charge on any atom is -0.381 e. The standard InChI is InChI=1S/C12H14O.ClH.Hf/c1-12(13,10-6-2-3-7-10)11-8-4-5-9-11;;/h2-6,8,13H,7,9H2,1H3;1H;. The number of allylic oxidation sites excluding steroid dienone is 6. The minimum absolute atomic E-state index is 0. The summed E-state index contributed by atoms with van der Waals surface area (Å²) < 4.78 is 0. The summed E-state index contributed by atoms with van der Waals surface area (Å²) in [5.74, 6) is 0. The van der Waals surface area contributed by atoms with Crippen molar-refractivity contribution in [3.63, 3.8) is 0 Å². The molecule has 0 fully saturated rings. The first-order valence-electron chi connectivity index (χ1n) is 4.66. The molecule has 0 aliphatic heterocycles. The normalized spacial score (nSPS) is 18.0. The third-order valence-electron chi connectivity index (χ3n) is 2.79. The van der Waals surface area contributed by atoms with Gasteiger partial charge in [0.15, 0.2) is 0 Å². The summed E-state index contributed by atoms with van der Waals surface area (Å²) in [4.78, 5) is 0. The van der Waals surface area contributed by atoms with Crippen LogP contribution in [-0.4, -0.2) is 10.7 Å². The number of hydrogen-bond donors (Lipinski definition) is 1. The van der Waals surface area contributed by atoms with Gasteiger partial charge in [-0.15, -0.1) is 12.4 Å². The van der Waals surface area contributed by atoms with E-state index in [1.165, 1.54) is 0 Å². The molecule has 15 heavy (non-hydrogen) atoms. The molecular formula is C12H15ClHfO. The Hall–Kier alpha value is 0.0801. The van der Waals surface area contributed by atoms with E-state index in [-0.39, 0.29) is 38.3 Å². The van der Waals surface area contributed by atoms with Gasteiger partial charge in [0, 0.05) is 25.8 Å². The zero-order valence-corrected chi connectivity index (χ0v) is 13.1. The van der Waals surface area contributed by atoms with E-state index in [2.05, 4.69) is 12.2 Å². The Labute approximate surface area is 116 Å². The second kappa shape index (κ2) is 5.97. The Morgan fingerprint density at radius 1 is 1.07 bits per heavy atom. The molecule has 0 amide bonds. The van der Waals surface area contributed by atoms with Gasteiger partial charge in [0.2, 0.25) is 0 Å². The second-order valence-electron chi connectivity index (χ2n) is 3.72. The fourth-order valence-electron chi connectivity index (χ4n) is 1.82. The van der Waals surface area contributed by atoms with Crippen molar-refractivity contribution in [3.8, 4) is 0 Å². The molecule has 2 rings (SSSR count). The van der Waals surface area contributed by atoms with Crippen molar-refractivity contribution in [1.29, 1.82) is 0 Å². The molecule has 0 aromatic heterocycles. The van der Waals surface area contributed by atoms with Crippen molar-refractivity contribution in [2.75, 3.05) is 0 Å². The zero-order chi connectivity index (χ0) is 9.31. The average Bonchev–Trinajstić information content (AvgIpc) is 2.78. The predicted octanol–water partition coefficient (Wildman–Crippen LogP) is 2.93. The average molecular weight is 389 g/mol. The van der Waals surface area contributed by atoms with Crippen LogP contribution in [0, 0.1) is 0 Å². The van der Waals surface area contributed by atoms with Gasteiger partial charge in [-0.3, -0.25) is 0 Å². The maximum atomic E-state index is 10.3. The molecule has 2 aliphatic carbocycles. The molecule has 0 bridgehead atoms. The molecule has 0 atom stereocenters. The molecule has 1 N–H and O–H groups in total. The Balaban J connectivity index is 0.000000980. The first kappa shape index (κ1) is 15.1.